The molecule has 0 bridgehead atoms. The molecule has 4 rings (SSSR count). The monoisotopic (exact) mass is 456 g/mol. The maximum Gasteiger partial charge on any atom is 0.416 e. The molecule has 31 heavy (non-hydrogen) atoms. The van der Waals surface area contributed by atoms with Gasteiger partial charge in [0.15, 0.2) is 9.84 Å². The topological polar surface area (TPSA) is 85.2 Å². The fourth-order valence-electron chi connectivity index (χ4n) is 4.45. The predicted octanol–water partition coefficient (Wildman–Crippen LogP) is 2.68. The summed E-state index contributed by atoms with van der Waals surface area (Å²) in [5.41, 5.74) is -0.365. The van der Waals surface area contributed by atoms with Crippen molar-refractivity contribution in [2.75, 3.05) is 19.3 Å². The average Bonchev–Trinajstić information content (AvgIpc) is 3.15. The summed E-state index contributed by atoms with van der Waals surface area (Å²) < 4.78 is 65.5. The zero-order chi connectivity index (χ0) is 22.4. The quantitative estimate of drug-likeness (QED) is 0.709. The summed E-state index contributed by atoms with van der Waals surface area (Å²) in [5, 5.41) is 7.44. The van der Waals surface area contributed by atoms with Gasteiger partial charge in [-0.25, -0.2) is 8.42 Å². The number of piperidine rings is 1. The van der Waals surface area contributed by atoms with Crippen LogP contribution in [-0.2, 0) is 29.0 Å². The van der Waals surface area contributed by atoms with Crippen LogP contribution in [-0.4, -0.2) is 58.6 Å². The molecule has 0 spiro atoms. The van der Waals surface area contributed by atoms with Gasteiger partial charge in [-0.1, -0.05) is 18.2 Å². The van der Waals surface area contributed by atoms with Crippen LogP contribution in [0.5, 0.6) is 0 Å². The van der Waals surface area contributed by atoms with Crippen molar-refractivity contribution in [2.45, 2.75) is 49.6 Å². The number of sulfone groups is 1. The molecule has 1 saturated heterocycles. The van der Waals surface area contributed by atoms with Crippen LogP contribution in [0, 0.1) is 0 Å². The highest BCUT2D eigenvalue weighted by molar-refractivity contribution is 7.91. The normalized spacial score (nSPS) is 20.5. The molecular formula is C20H23F3N4O3S. The summed E-state index contributed by atoms with van der Waals surface area (Å²) in [4.78, 5) is 14.6. The number of aryl methyl sites for hydroxylation is 1. The molecule has 0 N–H and O–H groups in total. The number of fused-ring (bicyclic) bond motifs is 1. The van der Waals surface area contributed by atoms with Crippen LogP contribution in [0.15, 0.2) is 24.3 Å². The van der Waals surface area contributed by atoms with Crippen LogP contribution in [0.1, 0.15) is 52.8 Å². The van der Waals surface area contributed by atoms with Gasteiger partial charge in [0.1, 0.15) is 5.82 Å². The number of carbonyl (C=O) groups excluding carboxylic acids is 1. The maximum absolute atomic E-state index is 13.3. The molecule has 0 radical (unpaired) electrons. The Hall–Kier alpha value is -2.43. The van der Waals surface area contributed by atoms with Crippen molar-refractivity contribution in [2.24, 2.45) is 0 Å². The van der Waals surface area contributed by atoms with Crippen LogP contribution < -0.4 is 0 Å². The Kier molecular flexibility index (Phi) is 5.57. The molecule has 2 aromatic rings. The van der Waals surface area contributed by atoms with Crippen LogP contribution in [0.3, 0.4) is 0 Å². The van der Waals surface area contributed by atoms with E-state index < -0.39 is 26.8 Å². The molecule has 1 aromatic carbocycles. The summed E-state index contributed by atoms with van der Waals surface area (Å²) in [6.45, 7) is 0.735. The fourth-order valence-corrected chi connectivity index (χ4v) is 5.42. The Morgan fingerprint density at radius 1 is 1.10 bits per heavy atom. The van der Waals surface area contributed by atoms with Crippen molar-refractivity contribution < 1.29 is 26.4 Å². The van der Waals surface area contributed by atoms with Crippen molar-refractivity contribution in [3.63, 3.8) is 0 Å². The van der Waals surface area contributed by atoms with Crippen LogP contribution >= 0.6 is 0 Å². The summed E-state index contributed by atoms with van der Waals surface area (Å²) in [7, 11) is -3.26. The fraction of sp³-hybridized carbons (Fsp3) is 0.550. The third-order valence-electron chi connectivity index (χ3n) is 6.19. The third-order valence-corrected chi connectivity index (χ3v) is 7.78. The Labute approximate surface area is 178 Å². The molecule has 0 aliphatic carbocycles. The number of alkyl halides is 3. The molecule has 1 amide bonds. The van der Waals surface area contributed by atoms with Gasteiger partial charge in [0, 0.05) is 32.3 Å². The molecule has 2 aliphatic heterocycles. The van der Waals surface area contributed by atoms with Crippen molar-refractivity contribution in [3.8, 4) is 0 Å². The molecule has 1 aromatic heterocycles. The minimum Gasteiger partial charge on any atom is -0.336 e. The Bertz CT molecular complexity index is 1090. The lowest BCUT2D eigenvalue weighted by atomic mass is 9.86. The second kappa shape index (κ2) is 7.92. The Morgan fingerprint density at radius 2 is 1.77 bits per heavy atom. The lowest BCUT2D eigenvalue weighted by molar-refractivity contribution is -0.138. The second-order valence-corrected chi connectivity index (χ2v) is 10.5. The number of nitrogens with zero attached hydrogens (tertiary/aromatic N) is 4. The summed E-state index contributed by atoms with van der Waals surface area (Å²) in [6, 6.07) is 5.57. The van der Waals surface area contributed by atoms with Gasteiger partial charge in [0.05, 0.1) is 10.8 Å². The van der Waals surface area contributed by atoms with Crippen LogP contribution in [0.25, 0.3) is 0 Å². The number of benzene rings is 1. The van der Waals surface area contributed by atoms with Crippen molar-refractivity contribution in [1.29, 1.82) is 0 Å². The largest absolute Gasteiger partial charge is 0.416 e. The number of carbonyl (C=O) groups is 1. The highest BCUT2D eigenvalue weighted by Gasteiger charge is 2.37. The molecule has 3 heterocycles. The SMILES string of the molecule is CS(=O)(=O)C1CCc2nnc(C(=O)N3CCC(c4ccccc4C(F)(F)F)CC3)n2C1. The zero-order valence-electron chi connectivity index (χ0n) is 17.0. The van der Waals surface area contributed by atoms with Crippen molar-refractivity contribution in [1.82, 2.24) is 19.7 Å². The van der Waals surface area contributed by atoms with E-state index in [0.717, 1.165) is 6.07 Å². The van der Waals surface area contributed by atoms with Crippen LogP contribution in [0.4, 0.5) is 13.2 Å². The Morgan fingerprint density at radius 3 is 2.42 bits per heavy atom. The number of likely N-dealkylation sites (tertiary alicyclic amines) is 1. The van der Waals surface area contributed by atoms with Gasteiger partial charge in [-0.15, -0.1) is 10.2 Å². The van der Waals surface area contributed by atoms with Crippen molar-refractivity contribution >= 4 is 15.7 Å². The van der Waals surface area contributed by atoms with E-state index in [1.54, 1.807) is 15.5 Å². The molecule has 1 atom stereocenters. The smallest absolute Gasteiger partial charge is 0.336 e. The number of amides is 1. The minimum absolute atomic E-state index is 0.0949. The second-order valence-electron chi connectivity index (χ2n) is 8.19. The van der Waals surface area contributed by atoms with Crippen LogP contribution in [0.2, 0.25) is 0 Å². The van der Waals surface area contributed by atoms with Gasteiger partial charge in [0.25, 0.3) is 5.91 Å². The van der Waals surface area contributed by atoms with E-state index >= 15 is 0 Å². The van der Waals surface area contributed by atoms with E-state index in [-0.39, 0.29) is 29.8 Å². The first kappa shape index (κ1) is 21.8. The van der Waals surface area contributed by atoms with Gasteiger partial charge < -0.3 is 9.47 Å². The van der Waals surface area contributed by atoms with Gasteiger partial charge >= 0.3 is 6.18 Å². The summed E-state index contributed by atoms with van der Waals surface area (Å²) in [6.07, 6.45) is -1.56. The maximum atomic E-state index is 13.3. The molecule has 11 heteroatoms. The van der Waals surface area contributed by atoms with Gasteiger partial charge in [-0.05, 0) is 36.8 Å². The van der Waals surface area contributed by atoms with Crippen molar-refractivity contribution in [3.05, 3.63) is 47.0 Å². The first-order chi connectivity index (χ1) is 14.6. The number of hydrogen-bond acceptors (Lipinski definition) is 5. The lowest BCUT2D eigenvalue weighted by Crippen LogP contribution is -2.40. The average molecular weight is 456 g/mol. The molecule has 168 valence electrons. The first-order valence-electron chi connectivity index (χ1n) is 10.1. The number of hydrogen-bond donors (Lipinski definition) is 0. The lowest BCUT2D eigenvalue weighted by Gasteiger charge is -2.33. The van der Waals surface area contributed by atoms with E-state index in [2.05, 4.69) is 10.2 Å². The van der Waals surface area contributed by atoms with Gasteiger partial charge in [-0.2, -0.15) is 13.2 Å². The first-order valence-corrected chi connectivity index (χ1v) is 12.1. The van der Waals surface area contributed by atoms with E-state index in [9.17, 15) is 26.4 Å². The standard InChI is InChI=1S/C20H23F3N4O3S/c1-31(29,30)14-6-7-17-24-25-18(27(17)12-14)19(28)26-10-8-13(9-11-26)15-4-2-3-5-16(15)20(21,22)23/h2-5,13-14H,6-12H2,1H3. The zero-order valence-corrected chi connectivity index (χ0v) is 17.8. The highest BCUT2D eigenvalue weighted by atomic mass is 32.2. The predicted molar refractivity (Wildman–Crippen MR) is 106 cm³/mol. The molecule has 7 nitrogen and oxygen atoms in total. The third kappa shape index (κ3) is 4.32. The molecular weight excluding hydrogens is 433 g/mol. The van der Waals surface area contributed by atoms with E-state index in [4.69, 9.17) is 0 Å². The molecule has 0 saturated carbocycles. The summed E-state index contributed by atoms with van der Waals surface area (Å²) in [5.74, 6) is 0.0222. The Balaban J connectivity index is 1.48. The molecule has 2 aliphatic rings. The van der Waals surface area contributed by atoms with E-state index in [1.165, 1.54) is 18.4 Å². The minimum atomic E-state index is -4.42. The highest BCUT2D eigenvalue weighted by Crippen LogP contribution is 2.38. The van der Waals surface area contributed by atoms with E-state index in [1.807, 2.05) is 0 Å². The number of aromatic nitrogens is 3. The summed E-state index contributed by atoms with van der Waals surface area (Å²) >= 11 is 0. The van der Waals surface area contributed by atoms with Gasteiger partial charge in [0.2, 0.25) is 5.82 Å². The van der Waals surface area contributed by atoms with E-state index in [0.29, 0.717) is 44.6 Å². The molecule has 1 unspecified atom stereocenters. The molecule has 1 fully saturated rings. The number of rotatable bonds is 3. The number of halogens is 3. The van der Waals surface area contributed by atoms with Gasteiger partial charge in [-0.3, -0.25) is 4.79 Å².